The standard InChI is InChI=1S/C11H14N2OS/c1-8(2)13-7-9(6-12-13)11(14)10-4-3-5-15-10/h3-8,11,14H,1-2H3. The van der Waals surface area contributed by atoms with E-state index in [9.17, 15) is 5.11 Å². The number of aliphatic hydroxyl groups excluding tert-OH is 1. The van der Waals surface area contributed by atoms with Crippen molar-refractivity contribution in [2.45, 2.75) is 26.0 Å². The van der Waals surface area contributed by atoms with E-state index in [1.54, 1.807) is 17.5 Å². The minimum Gasteiger partial charge on any atom is -0.383 e. The zero-order valence-corrected chi connectivity index (χ0v) is 9.61. The Labute approximate surface area is 93.0 Å². The second-order valence-corrected chi connectivity index (χ2v) is 4.74. The third-order valence-electron chi connectivity index (χ3n) is 2.28. The molecule has 4 heteroatoms. The molecular weight excluding hydrogens is 208 g/mol. The molecule has 0 saturated heterocycles. The highest BCUT2D eigenvalue weighted by Gasteiger charge is 2.13. The highest BCUT2D eigenvalue weighted by Crippen LogP contribution is 2.25. The van der Waals surface area contributed by atoms with Crippen molar-refractivity contribution in [3.05, 3.63) is 40.3 Å². The lowest BCUT2D eigenvalue weighted by atomic mass is 10.2. The Bertz CT molecular complexity index is 419. The number of rotatable bonds is 3. The van der Waals surface area contributed by atoms with Crippen molar-refractivity contribution in [3.8, 4) is 0 Å². The van der Waals surface area contributed by atoms with Crippen LogP contribution < -0.4 is 0 Å². The maximum absolute atomic E-state index is 10.0. The first-order valence-corrected chi connectivity index (χ1v) is 5.82. The predicted octanol–water partition coefficient (Wildman–Crippen LogP) is 2.61. The lowest BCUT2D eigenvalue weighted by Crippen LogP contribution is -2.00. The van der Waals surface area contributed by atoms with Crippen LogP contribution >= 0.6 is 11.3 Å². The first-order chi connectivity index (χ1) is 7.18. The normalized spacial score (nSPS) is 13.3. The molecule has 15 heavy (non-hydrogen) atoms. The molecule has 0 bridgehead atoms. The van der Waals surface area contributed by atoms with E-state index in [0.717, 1.165) is 10.4 Å². The van der Waals surface area contributed by atoms with Crippen LogP contribution in [0.4, 0.5) is 0 Å². The molecule has 0 aromatic carbocycles. The predicted molar refractivity (Wildman–Crippen MR) is 61.0 cm³/mol. The molecule has 80 valence electrons. The van der Waals surface area contributed by atoms with Gasteiger partial charge in [-0.25, -0.2) is 0 Å². The molecule has 0 amide bonds. The highest BCUT2D eigenvalue weighted by atomic mass is 32.1. The number of hydrogen-bond donors (Lipinski definition) is 1. The molecule has 1 N–H and O–H groups in total. The Kier molecular flexibility index (Phi) is 2.88. The van der Waals surface area contributed by atoms with Crippen molar-refractivity contribution in [3.63, 3.8) is 0 Å². The van der Waals surface area contributed by atoms with Gasteiger partial charge in [0.1, 0.15) is 6.10 Å². The summed E-state index contributed by atoms with van der Waals surface area (Å²) in [6.45, 7) is 4.13. The summed E-state index contributed by atoms with van der Waals surface area (Å²) >= 11 is 1.56. The Morgan fingerprint density at radius 1 is 1.47 bits per heavy atom. The first kappa shape index (κ1) is 10.4. The highest BCUT2D eigenvalue weighted by molar-refractivity contribution is 7.10. The summed E-state index contributed by atoms with van der Waals surface area (Å²) in [6, 6.07) is 4.20. The topological polar surface area (TPSA) is 38.0 Å². The molecule has 1 atom stereocenters. The van der Waals surface area contributed by atoms with Crippen LogP contribution in [-0.2, 0) is 0 Å². The fourth-order valence-electron chi connectivity index (χ4n) is 1.39. The molecule has 2 heterocycles. The first-order valence-electron chi connectivity index (χ1n) is 4.94. The molecule has 0 spiro atoms. The van der Waals surface area contributed by atoms with Crippen molar-refractivity contribution < 1.29 is 5.11 Å². The number of aliphatic hydroxyl groups is 1. The Hall–Kier alpha value is -1.13. The molecule has 3 nitrogen and oxygen atoms in total. The van der Waals surface area contributed by atoms with Gasteiger partial charge in [-0.15, -0.1) is 11.3 Å². The van der Waals surface area contributed by atoms with Crippen molar-refractivity contribution in [2.75, 3.05) is 0 Å². The summed E-state index contributed by atoms with van der Waals surface area (Å²) in [6.07, 6.45) is 3.08. The summed E-state index contributed by atoms with van der Waals surface area (Å²) in [7, 11) is 0. The van der Waals surface area contributed by atoms with Crippen LogP contribution in [0.2, 0.25) is 0 Å². The summed E-state index contributed by atoms with van der Waals surface area (Å²) in [4.78, 5) is 0.957. The Morgan fingerprint density at radius 2 is 2.27 bits per heavy atom. The van der Waals surface area contributed by atoms with E-state index >= 15 is 0 Å². The van der Waals surface area contributed by atoms with Gasteiger partial charge >= 0.3 is 0 Å². The monoisotopic (exact) mass is 222 g/mol. The summed E-state index contributed by atoms with van der Waals surface area (Å²) in [5, 5.41) is 16.2. The Balaban J connectivity index is 2.23. The van der Waals surface area contributed by atoms with E-state index in [2.05, 4.69) is 18.9 Å². The molecule has 2 aromatic rings. The van der Waals surface area contributed by atoms with E-state index in [1.807, 2.05) is 28.4 Å². The number of thiophene rings is 1. The minimum atomic E-state index is -0.544. The molecule has 2 aromatic heterocycles. The van der Waals surface area contributed by atoms with Crippen LogP contribution in [-0.4, -0.2) is 14.9 Å². The summed E-state index contributed by atoms with van der Waals surface area (Å²) in [5.41, 5.74) is 0.853. The van der Waals surface area contributed by atoms with Crippen LogP contribution in [0.3, 0.4) is 0 Å². The van der Waals surface area contributed by atoms with E-state index in [-0.39, 0.29) is 0 Å². The molecule has 0 radical (unpaired) electrons. The van der Waals surface area contributed by atoms with E-state index < -0.39 is 6.10 Å². The zero-order valence-electron chi connectivity index (χ0n) is 8.79. The average Bonchev–Trinajstić information content (AvgIpc) is 2.88. The second-order valence-electron chi connectivity index (χ2n) is 3.77. The van der Waals surface area contributed by atoms with Crippen LogP contribution in [0, 0.1) is 0 Å². The van der Waals surface area contributed by atoms with Gasteiger partial charge in [0.2, 0.25) is 0 Å². The molecule has 0 aliphatic carbocycles. The van der Waals surface area contributed by atoms with Crippen LogP contribution in [0.5, 0.6) is 0 Å². The molecule has 2 rings (SSSR count). The SMILES string of the molecule is CC(C)n1cc(C(O)c2cccs2)cn1. The Morgan fingerprint density at radius 3 is 2.80 bits per heavy atom. The minimum absolute atomic E-state index is 0.328. The third-order valence-corrected chi connectivity index (χ3v) is 3.20. The van der Waals surface area contributed by atoms with Crippen molar-refractivity contribution in [1.29, 1.82) is 0 Å². The third kappa shape index (κ3) is 2.11. The van der Waals surface area contributed by atoms with Crippen LogP contribution in [0.15, 0.2) is 29.9 Å². The van der Waals surface area contributed by atoms with Crippen LogP contribution in [0.25, 0.3) is 0 Å². The molecular formula is C11H14N2OS. The van der Waals surface area contributed by atoms with Gasteiger partial charge in [-0.05, 0) is 25.3 Å². The largest absolute Gasteiger partial charge is 0.383 e. The molecule has 0 aliphatic rings. The summed E-state index contributed by atoms with van der Waals surface area (Å²) < 4.78 is 1.85. The van der Waals surface area contributed by atoms with Crippen molar-refractivity contribution in [2.24, 2.45) is 0 Å². The van der Waals surface area contributed by atoms with E-state index in [0.29, 0.717) is 6.04 Å². The fraction of sp³-hybridized carbons (Fsp3) is 0.364. The van der Waals surface area contributed by atoms with E-state index in [1.165, 1.54) is 0 Å². The fourth-order valence-corrected chi connectivity index (χ4v) is 2.12. The van der Waals surface area contributed by atoms with Gasteiger partial charge in [-0.2, -0.15) is 5.10 Å². The number of hydrogen-bond acceptors (Lipinski definition) is 3. The van der Waals surface area contributed by atoms with Gasteiger partial charge in [-0.3, -0.25) is 4.68 Å². The van der Waals surface area contributed by atoms with Gasteiger partial charge in [0, 0.05) is 22.7 Å². The molecule has 0 aliphatic heterocycles. The lowest BCUT2D eigenvalue weighted by Gasteiger charge is -2.06. The van der Waals surface area contributed by atoms with Gasteiger partial charge in [0.25, 0.3) is 0 Å². The second kappa shape index (κ2) is 4.16. The average molecular weight is 222 g/mol. The van der Waals surface area contributed by atoms with Crippen molar-refractivity contribution in [1.82, 2.24) is 9.78 Å². The van der Waals surface area contributed by atoms with Gasteiger partial charge in [-0.1, -0.05) is 6.07 Å². The number of aromatic nitrogens is 2. The summed E-state index contributed by atoms with van der Waals surface area (Å²) in [5.74, 6) is 0. The zero-order chi connectivity index (χ0) is 10.8. The quantitative estimate of drug-likeness (QED) is 0.866. The lowest BCUT2D eigenvalue weighted by molar-refractivity contribution is 0.224. The van der Waals surface area contributed by atoms with Gasteiger partial charge in [0.15, 0.2) is 0 Å². The van der Waals surface area contributed by atoms with Gasteiger partial charge in [0.05, 0.1) is 6.20 Å². The maximum atomic E-state index is 10.0. The smallest absolute Gasteiger partial charge is 0.116 e. The van der Waals surface area contributed by atoms with Crippen molar-refractivity contribution >= 4 is 11.3 Å². The molecule has 1 unspecified atom stereocenters. The van der Waals surface area contributed by atoms with Crippen LogP contribution in [0.1, 0.15) is 36.4 Å². The van der Waals surface area contributed by atoms with E-state index in [4.69, 9.17) is 0 Å². The maximum Gasteiger partial charge on any atom is 0.116 e. The molecule has 0 saturated carbocycles. The number of nitrogens with zero attached hydrogens (tertiary/aromatic N) is 2. The van der Waals surface area contributed by atoms with Gasteiger partial charge < -0.3 is 5.11 Å². The molecule has 0 fully saturated rings.